The molecule has 0 saturated carbocycles. The molecule has 4 heterocycles. The number of carbonyl (C=O) groups excluding carboxylic acids is 1. The summed E-state index contributed by atoms with van der Waals surface area (Å²) >= 11 is 0. The molecule has 2 N–H and O–H groups in total. The summed E-state index contributed by atoms with van der Waals surface area (Å²) in [7, 11) is 0. The van der Waals surface area contributed by atoms with Gasteiger partial charge in [-0.2, -0.15) is 0 Å². The lowest BCUT2D eigenvalue weighted by atomic mass is 10.2. The number of imidazole rings is 1. The average Bonchev–Trinajstić information content (AvgIpc) is 3.49. The van der Waals surface area contributed by atoms with Crippen LogP contribution in [0.4, 0.5) is 10.2 Å². The lowest BCUT2D eigenvalue weighted by molar-refractivity contribution is -0.127. The Labute approximate surface area is 195 Å². The number of carbonyl (C=O) groups is 1. The van der Waals surface area contributed by atoms with E-state index < -0.39 is 0 Å². The molecule has 172 valence electrons. The Hall–Kier alpha value is -4.27. The Kier molecular flexibility index (Phi) is 5.67. The molecule has 3 aromatic heterocycles. The molecule has 1 aliphatic heterocycles. The minimum Gasteiger partial charge on any atom is -0.473 e. The van der Waals surface area contributed by atoms with Crippen LogP contribution in [0.15, 0.2) is 67.6 Å². The Morgan fingerprint density at radius 3 is 2.79 bits per heavy atom. The first kappa shape index (κ1) is 21.6. The molecule has 8 nitrogen and oxygen atoms in total. The Balaban J connectivity index is 1.46. The van der Waals surface area contributed by atoms with E-state index in [1.165, 1.54) is 18.2 Å². The van der Waals surface area contributed by atoms with Crippen molar-refractivity contribution < 1.29 is 13.9 Å². The minimum atomic E-state index is -0.291. The van der Waals surface area contributed by atoms with Gasteiger partial charge in [-0.25, -0.2) is 19.3 Å². The van der Waals surface area contributed by atoms with Crippen molar-refractivity contribution in [1.82, 2.24) is 24.3 Å². The van der Waals surface area contributed by atoms with Gasteiger partial charge in [0.15, 0.2) is 0 Å². The number of ether oxygens (including phenoxy) is 1. The Bertz CT molecular complexity index is 1350. The number of nitrogen functional groups attached to an aromatic ring is 1. The van der Waals surface area contributed by atoms with Crippen LogP contribution in [0.25, 0.3) is 16.8 Å². The van der Waals surface area contributed by atoms with Crippen molar-refractivity contribution in [2.24, 2.45) is 0 Å². The zero-order valence-corrected chi connectivity index (χ0v) is 18.4. The molecule has 34 heavy (non-hydrogen) atoms. The number of hydrogen-bond acceptors (Lipinski definition) is 6. The zero-order valence-electron chi connectivity index (χ0n) is 18.4. The third-order valence-corrected chi connectivity index (χ3v) is 5.93. The maximum atomic E-state index is 13.1. The van der Waals surface area contributed by atoms with Crippen molar-refractivity contribution in [3.8, 4) is 17.1 Å². The summed E-state index contributed by atoms with van der Waals surface area (Å²) in [5.74, 6) is 1.09. The van der Waals surface area contributed by atoms with E-state index >= 15 is 0 Å². The number of fused-ring (bicyclic) bond motifs is 1. The summed E-state index contributed by atoms with van der Waals surface area (Å²) in [6.45, 7) is 4.55. The fourth-order valence-corrected chi connectivity index (χ4v) is 4.28. The largest absolute Gasteiger partial charge is 0.473 e. The molecule has 0 spiro atoms. The summed E-state index contributed by atoms with van der Waals surface area (Å²) in [6.07, 6.45) is 8.11. The summed E-state index contributed by atoms with van der Waals surface area (Å²) < 4.78 is 20.7. The number of nitrogens with zero attached hydrogens (tertiary/aromatic N) is 5. The fraction of sp³-hybridized carbons (Fsp3) is 0.200. The van der Waals surface area contributed by atoms with E-state index in [1.807, 2.05) is 10.5 Å². The first-order valence-corrected chi connectivity index (χ1v) is 10.9. The molecule has 4 aromatic rings. The molecule has 1 atom stereocenters. The maximum absolute atomic E-state index is 13.1. The highest BCUT2D eigenvalue weighted by molar-refractivity contribution is 5.88. The van der Waals surface area contributed by atoms with E-state index in [-0.39, 0.29) is 24.4 Å². The number of rotatable bonds is 6. The molecule has 9 heteroatoms. The van der Waals surface area contributed by atoms with Gasteiger partial charge in [0.25, 0.3) is 0 Å². The van der Waals surface area contributed by atoms with Crippen molar-refractivity contribution in [1.29, 1.82) is 0 Å². The second-order valence-corrected chi connectivity index (χ2v) is 8.04. The van der Waals surface area contributed by atoms with E-state index in [4.69, 9.17) is 15.5 Å². The van der Waals surface area contributed by atoms with E-state index in [9.17, 15) is 9.18 Å². The van der Waals surface area contributed by atoms with Crippen molar-refractivity contribution in [2.75, 3.05) is 12.3 Å². The monoisotopic (exact) mass is 458 g/mol. The number of aromatic nitrogens is 4. The number of pyridine rings is 1. The van der Waals surface area contributed by atoms with Gasteiger partial charge in [-0.05, 0) is 42.7 Å². The average molecular weight is 458 g/mol. The number of hydrogen-bond donors (Lipinski definition) is 1. The van der Waals surface area contributed by atoms with Crippen LogP contribution >= 0.6 is 0 Å². The van der Waals surface area contributed by atoms with E-state index in [1.54, 1.807) is 41.7 Å². The van der Waals surface area contributed by atoms with Gasteiger partial charge < -0.3 is 15.4 Å². The molecular weight excluding hydrogens is 435 g/mol. The molecular formula is C25H23FN6O2. The lowest BCUT2D eigenvalue weighted by Crippen LogP contribution is -2.29. The number of nitrogens with two attached hydrogens (primary N) is 1. The molecule has 0 unspecified atom stereocenters. The quantitative estimate of drug-likeness (QED) is 0.440. The molecule has 0 aliphatic carbocycles. The van der Waals surface area contributed by atoms with Crippen LogP contribution in [-0.2, 0) is 11.4 Å². The van der Waals surface area contributed by atoms with E-state index in [0.717, 1.165) is 29.8 Å². The van der Waals surface area contributed by atoms with Gasteiger partial charge in [-0.1, -0.05) is 18.7 Å². The van der Waals surface area contributed by atoms with E-state index in [0.29, 0.717) is 29.5 Å². The second-order valence-electron chi connectivity index (χ2n) is 8.04. The van der Waals surface area contributed by atoms with Gasteiger partial charge in [0.2, 0.25) is 11.8 Å². The first-order valence-electron chi connectivity index (χ1n) is 10.9. The molecule has 1 fully saturated rings. The third kappa shape index (κ3) is 3.96. The lowest BCUT2D eigenvalue weighted by Gasteiger charge is -2.22. The second kappa shape index (κ2) is 8.93. The van der Waals surface area contributed by atoms with Crippen LogP contribution in [0, 0.1) is 5.82 Å². The molecule has 1 aliphatic rings. The summed E-state index contributed by atoms with van der Waals surface area (Å²) in [4.78, 5) is 27.7. The van der Waals surface area contributed by atoms with Crippen LogP contribution in [0.3, 0.4) is 0 Å². The van der Waals surface area contributed by atoms with Gasteiger partial charge >= 0.3 is 0 Å². The maximum Gasteiger partial charge on any atom is 0.246 e. The molecule has 0 radical (unpaired) electrons. The number of benzene rings is 1. The minimum absolute atomic E-state index is 0.118. The SMILES string of the molecule is C=CC(=O)N1CCC[C@H]1c1nc(-c2ccc(OCc3ccc(F)cc3)nc2)c2c(N)nccn12. The van der Waals surface area contributed by atoms with Gasteiger partial charge in [0, 0.05) is 36.8 Å². The smallest absolute Gasteiger partial charge is 0.246 e. The van der Waals surface area contributed by atoms with Crippen LogP contribution in [-0.4, -0.2) is 36.7 Å². The number of likely N-dealkylation sites (tertiary alicyclic amines) is 1. The third-order valence-electron chi connectivity index (χ3n) is 5.93. The first-order chi connectivity index (χ1) is 16.5. The summed E-state index contributed by atoms with van der Waals surface area (Å²) in [5.41, 5.74) is 9.12. The summed E-state index contributed by atoms with van der Waals surface area (Å²) in [5, 5.41) is 0. The number of anilines is 1. The zero-order chi connectivity index (χ0) is 23.7. The highest BCUT2D eigenvalue weighted by Crippen LogP contribution is 2.36. The standard InChI is InChI=1S/C25H23FN6O2/c1-2-21(33)31-12-3-4-19(31)25-30-22(23-24(27)28-11-13-32(23)25)17-7-10-20(29-14-17)34-15-16-5-8-18(26)9-6-16/h2,5-11,13-14,19H,1,3-4,12,15H2,(H2,27,28)/t19-/m0/s1. The predicted molar refractivity (Wildman–Crippen MR) is 125 cm³/mol. The van der Waals surface area contributed by atoms with Crippen molar-refractivity contribution in [3.63, 3.8) is 0 Å². The predicted octanol–water partition coefficient (Wildman–Crippen LogP) is 3.94. The van der Waals surface area contributed by atoms with Crippen LogP contribution in [0.2, 0.25) is 0 Å². The molecule has 0 bridgehead atoms. The van der Waals surface area contributed by atoms with Crippen molar-refractivity contribution in [3.05, 3.63) is 84.8 Å². The van der Waals surface area contributed by atoms with Gasteiger partial charge in [-0.3, -0.25) is 9.20 Å². The van der Waals surface area contributed by atoms with Gasteiger partial charge in [0.1, 0.15) is 35.3 Å². The van der Waals surface area contributed by atoms with Crippen LogP contribution in [0.1, 0.15) is 30.3 Å². The van der Waals surface area contributed by atoms with E-state index in [2.05, 4.69) is 16.5 Å². The molecule has 5 rings (SSSR count). The van der Waals surface area contributed by atoms with Gasteiger partial charge in [0.05, 0.1) is 6.04 Å². The number of halogens is 1. The van der Waals surface area contributed by atoms with Crippen LogP contribution in [0.5, 0.6) is 5.88 Å². The molecule has 1 aromatic carbocycles. The summed E-state index contributed by atoms with van der Waals surface area (Å²) in [6, 6.07) is 9.54. The Morgan fingerprint density at radius 2 is 2.06 bits per heavy atom. The number of amides is 1. The molecule has 1 saturated heterocycles. The topological polar surface area (TPSA) is 98.6 Å². The fourth-order valence-electron chi connectivity index (χ4n) is 4.28. The van der Waals surface area contributed by atoms with Crippen LogP contribution < -0.4 is 10.5 Å². The highest BCUT2D eigenvalue weighted by Gasteiger charge is 2.33. The highest BCUT2D eigenvalue weighted by atomic mass is 19.1. The van der Waals surface area contributed by atoms with Gasteiger partial charge in [-0.15, -0.1) is 0 Å². The Morgan fingerprint density at radius 1 is 1.24 bits per heavy atom. The molecule has 1 amide bonds. The van der Waals surface area contributed by atoms with Crippen molar-refractivity contribution >= 4 is 17.2 Å². The normalized spacial score (nSPS) is 15.6. The van der Waals surface area contributed by atoms with Crippen molar-refractivity contribution in [2.45, 2.75) is 25.5 Å².